The molecule has 0 fully saturated rings. The summed E-state index contributed by atoms with van der Waals surface area (Å²) in [5, 5.41) is 5.63. The Morgan fingerprint density at radius 1 is 1.04 bits per heavy atom. The maximum atomic E-state index is 12.2. The monoisotopic (exact) mass is 358 g/mol. The Hall–Kier alpha value is -2.89. The van der Waals surface area contributed by atoms with E-state index in [1.807, 2.05) is 39.0 Å². The second-order valence-corrected chi connectivity index (χ2v) is 6.13. The zero-order valence-electron chi connectivity index (χ0n) is 15.9. The molecule has 0 saturated carbocycles. The number of urea groups is 1. The number of carbonyl (C=O) groups is 1. The topological polar surface area (TPSA) is 68.8 Å². The van der Waals surface area contributed by atoms with E-state index in [0.29, 0.717) is 23.8 Å². The normalized spacial score (nSPS) is 11.4. The molecule has 2 aromatic rings. The van der Waals surface area contributed by atoms with E-state index in [1.165, 1.54) is 0 Å². The van der Waals surface area contributed by atoms with Crippen molar-refractivity contribution in [1.82, 2.24) is 5.32 Å². The molecular weight excluding hydrogens is 332 g/mol. The van der Waals surface area contributed by atoms with E-state index in [2.05, 4.69) is 10.6 Å². The van der Waals surface area contributed by atoms with E-state index in [-0.39, 0.29) is 12.1 Å². The molecule has 0 saturated heterocycles. The van der Waals surface area contributed by atoms with E-state index in [1.54, 1.807) is 32.4 Å². The summed E-state index contributed by atoms with van der Waals surface area (Å²) in [6.07, 6.45) is 0. The van der Waals surface area contributed by atoms with Crippen molar-refractivity contribution >= 4 is 11.7 Å². The zero-order chi connectivity index (χ0) is 19.1. The molecule has 0 aliphatic rings. The lowest BCUT2D eigenvalue weighted by Gasteiger charge is -2.18. The fourth-order valence-electron chi connectivity index (χ4n) is 2.55. The molecule has 0 aliphatic heterocycles. The highest BCUT2D eigenvalue weighted by Crippen LogP contribution is 2.25. The molecule has 2 amide bonds. The molecule has 140 valence electrons. The van der Waals surface area contributed by atoms with Crippen LogP contribution in [0.1, 0.15) is 18.1 Å². The summed E-state index contributed by atoms with van der Waals surface area (Å²) < 4.78 is 16.3. The van der Waals surface area contributed by atoms with Crippen molar-refractivity contribution in [3.63, 3.8) is 0 Å². The van der Waals surface area contributed by atoms with Gasteiger partial charge < -0.3 is 24.8 Å². The average Bonchev–Trinajstić information content (AvgIpc) is 2.60. The standard InChI is InChI=1S/C20H26N2O4/c1-13-7-6-8-14(2)19(13)26-12-15(3)21-20(23)22-16-9-17(24-4)11-18(10-16)25-5/h6-11,15H,12H2,1-5H3,(H2,21,22,23). The van der Waals surface area contributed by atoms with Crippen LogP contribution >= 0.6 is 0 Å². The molecule has 26 heavy (non-hydrogen) atoms. The molecule has 6 nitrogen and oxygen atoms in total. The van der Waals surface area contributed by atoms with Gasteiger partial charge in [0, 0.05) is 23.9 Å². The maximum Gasteiger partial charge on any atom is 0.319 e. The summed E-state index contributed by atoms with van der Waals surface area (Å²) in [6.45, 7) is 6.27. The molecule has 0 aromatic heterocycles. The molecule has 2 aromatic carbocycles. The van der Waals surface area contributed by atoms with Crippen molar-refractivity contribution in [2.75, 3.05) is 26.1 Å². The first-order valence-corrected chi connectivity index (χ1v) is 8.42. The Bertz CT molecular complexity index is 719. The van der Waals surface area contributed by atoms with Gasteiger partial charge >= 0.3 is 6.03 Å². The number of carbonyl (C=O) groups excluding carboxylic acids is 1. The first-order chi connectivity index (χ1) is 12.4. The molecule has 0 heterocycles. The Morgan fingerprint density at radius 3 is 2.15 bits per heavy atom. The van der Waals surface area contributed by atoms with Crippen LogP contribution in [0.3, 0.4) is 0 Å². The summed E-state index contributed by atoms with van der Waals surface area (Å²) >= 11 is 0. The van der Waals surface area contributed by atoms with Crippen LogP contribution in [-0.2, 0) is 0 Å². The molecule has 2 rings (SSSR count). The number of para-hydroxylation sites is 1. The largest absolute Gasteiger partial charge is 0.497 e. The van der Waals surface area contributed by atoms with Gasteiger partial charge in [-0.3, -0.25) is 0 Å². The number of methoxy groups -OCH3 is 2. The van der Waals surface area contributed by atoms with Crippen molar-refractivity contribution in [3.8, 4) is 17.2 Å². The van der Waals surface area contributed by atoms with E-state index in [9.17, 15) is 4.79 Å². The van der Waals surface area contributed by atoms with Gasteiger partial charge in [0.2, 0.25) is 0 Å². The lowest BCUT2D eigenvalue weighted by atomic mass is 10.1. The van der Waals surface area contributed by atoms with E-state index in [0.717, 1.165) is 16.9 Å². The van der Waals surface area contributed by atoms with Crippen molar-refractivity contribution in [2.45, 2.75) is 26.8 Å². The first kappa shape index (κ1) is 19.4. The van der Waals surface area contributed by atoms with Crippen LogP contribution in [-0.4, -0.2) is 32.9 Å². The minimum absolute atomic E-state index is 0.165. The second kappa shape index (κ2) is 8.99. The molecule has 0 aliphatic carbocycles. The number of rotatable bonds is 7. The number of hydrogen-bond donors (Lipinski definition) is 2. The quantitative estimate of drug-likeness (QED) is 0.787. The van der Waals surface area contributed by atoms with E-state index < -0.39 is 0 Å². The van der Waals surface area contributed by atoms with Crippen LogP contribution in [0.5, 0.6) is 17.2 Å². The van der Waals surface area contributed by atoms with Crippen molar-refractivity contribution in [2.24, 2.45) is 0 Å². The summed E-state index contributed by atoms with van der Waals surface area (Å²) in [4.78, 5) is 12.2. The molecule has 6 heteroatoms. The van der Waals surface area contributed by atoms with Gasteiger partial charge in [0.05, 0.1) is 20.3 Å². The number of ether oxygens (including phenoxy) is 3. The fraction of sp³-hybridized carbons (Fsp3) is 0.350. The molecule has 0 radical (unpaired) electrons. The van der Waals surface area contributed by atoms with Gasteiger partial charge in [-0.2, -0.15) is 0 Å². The van der Waals surface area contributed by atoms with E-state index in [4.69, 9.17) is 14.2 Å². The third-order valence-corrected chi connectivity index (χ3v) is 3.87. The summed E-state index contributed by atoms with van der Waals surface area (Å²) in [6, 6.07) is 10.7. The van der Waals surface area contributed by atoms with Crippen LogP contribution in [0.2, 0.25) is 0 Å². The predicted octanol–water partition coefficient (Wildman–Crippen LogP) is 3.91. The van der Waals surface area contributed by atoms with Crippen LogP contribution < -0.4 is 24.8 Å². The Balaban J connectivity index is 1.91. The van der Waals surface area contributed by atoms with E-state index >= 15 is 0 Å². The first-order valence-electron chi connectivity index (χ1n) is 8.42. The summed E-state index contributed by atoms with van der Waals surface area (Å²) in [5.41, 5.74) is 2.73. The number of hydrogen-bond acceptors (Lipinski definition) is 4. The fourth-order valence-corrected chi connectivity index (χ4v) is 2.55. The third-order valence-electron chi connectivity index (χ3n) is 3.87. The smallest absolute Gasteiger partial charge is 0.319 e. The minimum atomic E-state index is -0.321. The highest BCUT2D eigenvalue weighted by molar-refractivity contribution is 5.90. The molecule has 1 atom stereocenters. The summed E-state index contributed by atoms with van der Waals surface area (Å²) in [5.74, 6) is 2.07. The Labute approximate surface area is 154 Å². The number of benzene rings is 2. The van der Waals surface area contributed by atoms with Crippen LogP contribution in [0.4, 0.5) is 10.5 Å². The summed E-state index contributed by atoms with van der Waals surface area (Å²) in [7, 11) is 3.12. The number of aryl methyl sites for hydroxylation is 2. The van der Waals surface area contributed by atoms with Gasteiger partial charge in [-0.1, -0.05) is 18.2 Å². The van der Waals surface area contributed by atoms with Crippen LogP contribution in [0, 0.1) is 13.8 Å². The van der Waals surface area contributed by atoms with Gasteiger partial charge in [-0.15, -0.1) is 0 Å². The predicted molar refractivity (Wildman–Crippen MR) is 103 cm³/mol. The Kier molecular flexibility index (Phi) is 6.72. The lowest BCUT2D eigenvalue weighted by Crippen LogP contribution is -2.39. The van der Waals surface area contributed by atoms with Gasteiger partial charge in [-0.05, 0) is 31.9 Å². The highest BCUT2D eigenvalue weighted by Gasteiger charge is 2.11. The zero-order valence-corrected chi connectivity index (χ0v) is 15.9. The highest BCUT2D eigenvalue weighted by atomic mass is 16.5. The molecule has 0 spiro atoms. The molecule has 2 N–H and O–H groups in total. The van der Waals surface area contributed by atoms with Crippen LogP contribution in [0.15, 0.2) is 36.4 Å². The van der Waals surface area contributed by atoms with Crippen molar-refractivity contribution < 1.29 is 19.0 Å². The number of anilines is 1. The molecular formula is C20H26N2O4. The average molecular weight is 358 g/mol. The number of amides is 2. The lowest BCUT2D eigenvalue weighted by molar-refractivity contribution is 0.236. The minimum Gasteiger partial charge on any atom is -0.497 e. The third kappa shape index (κ3) is 5.31. The maximum absolute atomic E-state index is 12.2. The van der Waals surface area contributed by atoms with Gasteiger partial charge in [0.25, 0.3) is 0 Å². The van der Waals surface area contributed by atoms with Gasteiger partial charge in [0.15, 0.2) is 0 Å². The van der Waals surface area contributed by atoms with Crippen molar-refractivity contribution in [1.29, 1.82) is 0 Å². The molecule has 1 unspecified atom stereocenters. The van der Waals surface area contributed by atoms with Gasteiger partial charge in [0.1, 0.15) is 23.9 Å². The van der Waals surface area contributed by atoms with Gasteiger partial charge in [-0.25, -0.2) is 4.79 Å². The molecule has 0 bridgehead atoms. The van der Waals surface area contributed by atoms with Crippen molar-refractivity contribution in [3.05, 3.63) is 47.5 Å². The van der Waals surface area contributed by atoms with Crippen LogP contribution in [0.25, 0.3) is 0 Å². The SMILES string of the molecule is COc1cc(NC(=O)NC(C)COc2c(C)cccc2C)cc(OC)c1. The second-order valence-electron chi connectivity index (χ2n) is 6.13. The number of nitrogens with one attached hydrogen (secondary N) is 2. The Morgan fingerprint density at radius 2 is 1.62 bits per heavy atom.